The predicted octanol–water partition coefficient (Wildman–Crippen LogP) is 4.56. The molecule has 206 valence electrons. The van der Waals surface area contributed by atoms with Crippen LogP contribution in [0.3, 0.4) is 0 Å². The molecule has 4 aromatic rings. The molecule has 0 aliphatic carbocycles. The quantitative estimate of drug-likeness (QED) is 0.241. The van der Waals surface area contributed by atoms with E-state index in [4.69, 9.17) is 4.98 Å². The Morgan fingerprint density at radius 2 is 1.60 bits per heavy atom. The van der Waals surface area contributed by atoms with Crippen LogP contribution in [-0.2, 0) is 16.1 Å². The number of rotatable bonds is 9. The number of carbonyl (C=O) groups excluding carboxylic acids is 2. The zero-order chi connectivity index (χ0) is 27.9. The van der Waals surface area contributed by atoms with Crippen LogP contribution in [0.25, 0.3) is 10.9 Å². The van der Waals surface area contributed by atoms with Gasteiger partial charge in [-0.3, -0.25) is 19.0 Å². The van der Waals surface area contributed by atoms with Gasteiger partial charge in [-0.1, -0.05) is 59.8 Å². The smallest absolute Gasteiger partial charge is 0.262 e. The fourth-order valence-electron chi connectivity index (χ4n) is 4.82. The van der Waals surface area contributed by atoms with E-state index in [1.54, 1.807) is 16.7 Å². The monoisotopic (exact) mass is 555 g/mol. The lowest BCUT2D eigenvalue weighted by molar-refractivity contribution is -0.131. The molecule has 1 N–H and O–H groups in total. The summed E-state index contributed by atoms with van der Waals surface area (Å²) in [4.78, 5) is 47.9. The molecule has 1 aromatic heterocycles. The Hall–Kier alpha value is -4.11. The van der Waals surface area contributed by atoms with Gasteiger partial charge in [-0.25, -0.2) is 4.98 Å². The van der Waals surface area contributed by atoms with E-state index in [-0.39, 0.29) is 23.1 Å². The molecular weight excluding hydrogens is 522 g/mol. The molecule has 40 heavy (non-hydrogen) atoms. The molecule has 0 spiro atoms. The van der Waals surface area contributed by atoms with Gasteiger partial charge in [-0.2, -0.15) is 0 Å². The standard InChI is InChI=1S/C31H33N5O3S/c1-23-13-15-24(16-14-23)32-28(37)22-40-31-33-27-11-6-5-10-26(27)30(39)36(31)17-7-12-29(38)35-20-18-34(19-21-35)25-8-3-2-4-9-25/h2-6,8-11,13-16H,7,12,17-22H2,1H3,(H,32,37). The molecule has 0 radical (unpaired) electrons. The van der Waals surface area contributed by atoms with Crippen molar-refractivity contribution in [2.75, 3.05) is 42.1 Å². The summed E-state index contributed by atoms with van der Waals surface area (Å²) in [6, 6.07) is 25.1. The van der Waals surface area contributed by atoms with Crippen LogP contribution in [0.5, 0.6) is 0 Å². The van der Waals surface area contributed by atoms with Gasteiger partial charge in [-0.15, -0.1) is 0 Å². The summed E-state index contributed by atoms with van der Waals surface area (Å²) in [5.74, 6) is 0.0392. The summed E-state index contributed by atoms with van der Waals surface area (Å²) < 4.78 is 1.60. The van der Waals surface area contributed by atoms with Crippen LogP contribution in [0.15, 0.2) is 88.8 Å². The minimum atomic E-state index is -0.173. The molecule has 8 nitrogen and oxygen atoms in total. The Morgan fingerprint density at radius 3 is 2.35 bits per heavy atom. The molecule has 9 heteroatoms. The summed E-state index contributed by atoms with van der Waals surface area (Å²) >= 11 is 1.23. The van der Waals surface area contributed by atoms with E-state index in [0.29, 0.717) is 48.5 Å². The molecule has 1 saturated heterocycles. The number of aromatic nitrogens is 2. The van der Waals surface area contributed by atoms with E-state index in [2.05, 4.69) is 22.3 Å². The van der Waals surface area contributed by atoms with Crippen LogP contribution >= 0.6 is 11.8 Å². The number of carbonyl (C=O) groups is 2. The van der Waals surface area contributed by atoms with E-state index in [1.807, 2.05) is 66.4 Å². The molecule has 1 aliphatic rings. The summed E-state index contributed by atoms with van der Waals surface area (Å²) in [7, 11) is 0. The SMILES string of the molecule is Cc1ccc(NC(=O)CSc2nc3ccccc3c(=O)n2CCCC(=O)N2CCN(c3ccccc3)CC2)cc1. The van der Waals surface area contributed by atoms with Gasteiger partial charge < -0.3 is 15.1 Å². The number of nitrogens with zero attached hydrogens (tertiary/aromatic N) is 4. The normalized spacial score (nSPS) is 13.4. The van der Waals surface area contributed by atoms with Crippen molar-refractivity contribution in [2.45, 2.75) is 31.5 Å². The van der Waals surface area contributed by atoms with Crippen molar-refractivity contribution in [3.8, 4) is 0 Å². The molecule has 2 heterocycles. The highest BCUT2D eigenvalue weighted by molar-refractivity contribution is 7.99. The minimum absolute atomic E-state index is 0.0983. The average molecular weight is 556 g/mol. The van der Waals surface area contributed by atoms with Gasteiger partial charge in [0.25, 0.3) is 5.56 Å². The van der Waals surface area contributed by atoms with Crippen LogP contribution in [0, 0.1) is 6.92 Å². The molecular formula is C31H33N5O3S. The molecule has 0 atom stereocenters. The highest BCUT2D eigenvalue weighted by Crippen LogP contribution is 2.20. The molecule has 0 bridgehead atoms. The second-order valence-electron chi connectivity index (χ2n) is 9.88. The van der Waals surface area contributed by atoms with Crippen LogP contribution in [0.2, 0.25) is 0 Å². The van der Waals surface area contributed by atoms with Gasteiger partial charge in [0.1, 0.15) is 0 Å². The van der Waals surface area contributed by atoms with Crippen LogP contribution in [0.4, 0.5) is 11.4 Å². The largest absolute Gasteiger partial charge is 0.368 e. The second-order valence-corrected chi connectivity index (χ2v) is 10.8. The number of benzene rings is 3. The lowest BCUT2D eigenvalue weighted by Gasteiger charge is -2.36. The molecule has 5 rings (SSSR count). The average Bonchev–Trinajstić information content (AvgIpc) is 2.99. The van der Waals surface area contributed by atoms with Gasteiger partial charge in [0.2, 0.25) is 11.8 Å². The molecule has 2 amide bonds. The molecule has 3 aromatic carbocycles. The Kier molecular flexibility index (Phi) is 8.81. The molecule has 1 aliphatic heterocycles. The van der Waals surface area contributed by atoms with Crippen LogP contribution in [0.1, 0.15) is 18.4 Å². The number of para-hydroxylation sites is 2. The fraction of sp³-hybridized carbons (Fsp3) is 0.290. The van der Waals surface area contributed by atoms with Crippen molar-refractivity contribution in [2.24, 2.45) is 0 Å². The van der Waals surface area contributed by atoms with Gasteiger partial charge >= 0.3 is 0 Å². The maximum Gasteiger partial charge on any atom is 0.262 e. The summed E-state index contributed by atoms with van der Waals surface area (Å²) in [6.45, 7) is 5.31. The van der Waals surface area contributed by atoms with Gasteiger partial charge in [0, 0.05) is 50.5 Å². The number of thioether (sulfide) groups is 1. The van der Waals surface area contributed by atoms with Gasteiger partial charge in [0.15, 0.2) is 5.16 Å². The highest BCUT2D eigenvalue weighted by atomic mass is 32.2. The topological polar surface area (TPSA) is 87.5 Å². The predicted molar refractivity (Wildman–Crippen MR) is 161 cm³/mol. The maximum absolute atomic E-state index is 13.4. The lowest BCUT2D eigenvalue weighted by atomic mass is 10.2. The number of aryl methyl sites for hydroxylation is 1. The third-order valence-electron chi connectivity index (χ3n) is 7.02. The minimum Gasteiger partial charge on any atom is -0.368 e. The Balaban J connectivity index is 1.20. The zero-order valence-electron chi connectivity index (χ0n) is 22.6. The first-order valence-electron chi connectivity index (χ1n) is 13.5. The first kappa shape index (κ1) is 27.5. The number of anilines is 2. The second kappa shape index (κ2) is 12.8. The van der Waals surface area contributed by atoms with Crippen LogP contribution in [-0.4, -0.2) is 58.2 Å². The fourth-order valence-corrected chi connectivity index (χ4v) is 5.64. The summed E-state index contributed by atoms with van der Waals surface area (Å²) in [5, 5.41) is 3.90. The molecule has 1 fully saturated rings. The molecule has 0 unspecified atom stereocenters. The number of nitrogens with one attached hydrogen (secondary N) is 1. The third kappa shape index (κ3) is 6.71. The van der Waals surface area contributed by atoms with Gasteiger partial charge in [0.05, 0.1) is 16.7 Å². The van der Waals surface area contributed by atoms with Crippen molar-refractivity contribution < 1.29 is 9.59 Å². The number of piperazine rings is 1. The number of hydrogen-bond acceptors (Lipinski definition) is 6. The summed E-state index contributed by atoms with van der Waals surface area (Å²) in [6.07, 6.45) is 0.864. The van der Waals surface area contributed by atoms with E-state index < -0.39 is 0 Å². The summed E-state index contributed by atoms with van der Waals surface area (Å²) in [5.41, 5.74) is 3.46. The number of amides is 2. The van der Waals surface area contributed by atoms with Crippen molar-refractivity contribution in [3.63, 3.8) is 0 Å². The van der Waals surface area contributed by atoms with Crippen LogP contribution < -0.4 is 15.8 Å². The number of fused-ring (bicyclic) bond motifs is 1. The Morgan fingerprint density at radius 1 is 0.900 bits per heavy atom. The molecule has 0 saturated carbocycles. The van der Waals surface area contributed by atoms with E-state index >= 15 is 0 Å². The zero-order valence-corrected chi connectivity index (χ0v) is 23.4. The Labute approximate surface area is 238 Å². The van der Waals surface area contributed by atoms with E-state index in [9.17, 15) is 14.4 Å². The first-order chi connectivity index (χ1) is 19.5. The first-order valence-corrected chi connectivity index (χ1v) is 14.5. The lowest BCUT2D eigenvalue weighted by Crippen LogP contribution is -2.48. The highest BCUT2D eigenvalue weighted by Gasteiger charge is 2.21. The van der Waals surface area contributed by atoms with E-state index in [0.717, 1.165) is 24.3 Å². The third-order valence-corrected chi connectivity index (χ3v) is 8.00. The number of hydrogen-bond donors (Lipinski definition) is 1. The van der Waals surface area contributed by atoms with Crippen molar-refractivity contribution >= 4 is 45.9 Å². The van der Waals surface area contributed by atoms with Crippen molar-refractivity contribution in [1.82, 2.24) is 14.5 Å². The van der Waals surface area contributed by atoms with Crippen molar-refractivity contribution in [1.29, 1.82) is 0 Å². The van der Waals surface area contributed by atoms with Gasteiger partial charge in [-0.05, 0) is 49.7 Å². The van der Waals surface area contributed by atoms with E-state index in [1.165, 1.54) is 17.4 Å². The maximum atomic E-state index is 13.4. The van der Waals surface area contributed by atoms with Crippen molar-refractivity contribution in [3.05, 3.63) is 94.8 Å². The Bertz CT molecular complexity index is 1530.